The van der Waals surface area contributed by atoms with Crippen LogP contribution in [0.5, 0.6) is 5.88 Å². The number of fused-ring (bicyclic) bond motifs is 1. The van der Waals surface area contributed by atoms with E-state index in [2.05, 4.69) is 30.6 Å². The van der Waals surface area contributed by atoms with Crippen molar-refractivity contribution in [1.29, 1.82) is 0 Å². The van der Waals surface area contributed by atoms with Crippen molar-refractivity contribution in [3.05, 3.63) is 36.8 Å². The van der Waals surface area contributed by atoms with Gasteiger partial charge in [0.05, 0.1) is 30.2 Å². The molecule has 0 amide bonds. The maximum atomic E-state index is 5.73. The molecule has 122 valence electrons. The van der Waals surface area contributed by atoms with Crippen molar-refractivity contribution in [3.63, 3.8) is 0 Å². The Morgan fingerprint density at radius 3 is 2.88 bits per heavy atom. The van der Waals surface area contributed by atoms with Gasteiger partial charge in [0, 0.05) is 43.7 Å². The van der Waals surface area contributed by atoms with E-state index in [0.29, 0.717) is 24.1 Å². The number of nitrogens with one attached hydrogen (secondary N) is 2. The summed E-state index contributed by atoms with van der Waals surface area (Å²) in [5.41, 5.74) is 2.32. The molecule has 3 aromatic rings. The SMILES string of the molecule is CNc1cc2nc(-c3cncc(OCC4CNC4)n3)ccc2cn1. The zero-order valence-corrected chi connectivity index (χ0v) is 13.4. The van der Waals surface area contributed by atoms with Gasteiger partial charge in [-0.2, -0.15) is 0 Å². The Kier molecular flexibility index (Phi) is 3.92. The van der Waals surface area contributed by atoms with E-state index in [0.717, 1.165) is 35.5 Å². The molecule has 0 aliphatic carbocycles. The summed E-state index contributed by atoms with van der Waals surface area (Å²) in [6.07, 6.45) is 5.14. The maximum absolute atomic E-state index is 5.73. The number of hydrogen-bond donors (Lipinski definition) is 2. The molecular formula is C17H18N6O. The third-order valence-corrected chi connectivity index (χ3v) is 4.04. The number of pyridine rings is 2. The van der Waals surface area contributed by atoms with E-state index >= 15 is 0 Å². The molecule has 7 heteroatoms. The topological polar surface area (TPSA) is 84.9 Å². The van der Waals surface area contributed by atoms with E-state index in [9.17, 15) is 0 Å². The Morgan fingerprint density at radius 1 is 1.17 bits per heavy atom. The molecular weight excluding hydrogens is 304 g/mol. The van der Waals surface area contributed by atoms with Gasteiger partial charge in [-0.05, 0) is 12.1 Å². The van der Waals surface area contributed by atoms with Gasteiger partial charge in [0.2, 0.25) is 5.88 Å². The Morgan fingerprint density at radius 2 is 2.08 bits per heavy atom. The van der Waals surface area contributed by atoms with Crippen LogP contribution in [0, 0.1) is 5.92 Å². The van der Waals surface area contributed by atoms with E-state index in [-0.39, 0.29) is 0 Å². The molecule has 0 radical (unpaired) electrons. The molecule has 1 fully saturated rings. The second-order valence-electron chi connectivity index (χ2n) is 5.79. The average Bonchev–Trinajstić information content (AvgIpc) is 2.59. The number of ether oxygens (including phenoxy) is 1. The molecule has 4 rings (SSSR count). The molecule has 2 N–H and O–H groups in total. The van der Waals surface area contributed by atoms with Crippen molar-refractivity contribution in [3.8, 4) is 17.3 Å². The first kappa shape index (κ1) is 14.8. The summed E-state index contributed by atoms with van der Waals surface area (Å²) in [6.45, 7) is 2.66. The zero-order valence-electron chi connectivity index (χ0n) is 13.4. The summed E-state index contributed by atoms with van der Waals surface area (Å²) < 4.78 is 5.73. The summed E-state index contributed by atoms with van der Waals surface area (Å²) in [5, 5.41) is 7.23. The molecule has 0 unspecified atom stereocenters. The number of hydrogen-bond acceptors (Lipinski definition) is 7. The van der Waals surface area contributed by atoms with Gasteiger partial charge in [-0.3, -0.25) is 4.98 Å². The van der Waals surface area contributed by atoms with Gasteiger partial charge in [-0.1, -0.05) is 0 Å². The monoisotopic (exact) mass is 322 g/mol. The number of rotatable bonds is 5. The number of aromatic nitrogens is 4. The zero-order chi connectivity index (χ0) is 16.4. The standard InChI is InChI=1S/C17H18N6O/c1-18-16-4-14-12(7-21-16)2-3-13(22-14)15-8-20-9-17(23-15)24-10-11-5-19-6-11/h2-4,7-9,11,19H,5-6,10H2,1H3,(H,18,21). The van der Waals surface area contributed by atoms with Crippen LogP contribution in [0.15, 0.2) is 36.8 Å². The van der Waals surface area contributed by atoms with Crippen LogP contribution in [0.1, 0.15) is 0 Å². The molecule has 3 aromatic heterocycles. The van der Waals surface area contributed by atoms with Gasteiger partial charge in [0.25, 0.3) is 0 Å². The lowest BCUT2D eigenvalue weighted by atomic mass is 10.1. The van der Waals surface area contributed by atoms with E-state index in [1.54, 1.807) is 18.6 Å². The highest BCUT2D eigenvalue weighted by molar-refractivity contribution is 5.82. The van der Waals surface area contributed by atoms with Crippen LogP contribution in [0.4, 0.5) is 5.82 Å². The fourth-order valence-corrected chi connectivity index (χ4v) is 2.51. The van der Waals surface area contributed by atoms with E-state index in [4.69, 9.17) is 4.74 Å². The highest BCUT2D eigenvalue weighted by Gasteiger charge is 2.17. The fourth-order valence-electron chi connectivity index (χ4n) is 2.51. The van der Waals surface area contributed by atoms with Crippen molar-refractivity contribution in [1.82, 2.24) is 25.3 Å². The van der Waals surface area contributed by atoms with Crippen LogP contribution in [0.25, 0.3) is 22.3 Å². The fraction of sp³-hybridized carbons (Fsp3) is 0.294. The lowest BCUT2D eigenvalue weighted by molar-refractivity contribution is 0.193. The normalized spacial score (nSPS) is 14.4. The van der Waals surface area contributed by atoms with Gasteiger partial charge >= 0.3 is 0 Å². The molecule has 0 saturated carbocycles. The van der Waals surface area contributed by atoms with Crippen LogP contribution in [0.2, 0.25) is 0 Å². The molecule has 7 nitrogen and oxygen atoms in total. The lowest BCUT2D eigenvalue weighted by Crippen LogP contribution is -2.45. The third kappa shape index (κ3) is 2.98. The molecule has 24 heavy (non-hydrogen) atoms. The molecule has 1 aliphatic rings. The van der Waals surface area contributed by atoms with Crippen molar-refractivity contribution in [2.75, 3.05) is 32.1 Å². The van der Waals surface area contributed by atoms with Gasteiger partial charge in [0.1, 0.15) is 11.5 Å². The molecule has 0 atom stereocenters. The maximum Gasteiger partial charge on any atom is 0.232 e. The van der Waals surface area contributed by atoms with Crippen LogP contribution in [-0.4, -0.2) is 46.7 Å². The van der Waals surface area contributed by atoms with Crippen LogP contribution in [-0.2, 0) is 0 Å². The second kappa shape index (κ2) is 6.37. The first-order valence-corrected chi connectivity index (χ1v) is 7.92. The van der Waals surface area contributed by atoms with Crippen molar-refractivity contribution in [2.45, 2.75) is 0 Å². The Hall–Kier alpha value is -2.80. The summed E-state index contributed by atoms with van der Waals surface area (Å²) in [5.74, 6) is 1.87. The number of nitrogens with zero attached hydrogens (tertiary/aromatic N) is 4. The first-order valence-electron chi connectivity index (χ1n) is 7.92. The third-order valence-electron chi connectivity index (χ3n) is 4.04. The Bertz CT molecular complexity index is 865. The molecule has 0 aromatic carbocycles. The van der Waals surface area contributed by atoms with Crippen molar-refractivity contribution in [2.24, 2.45) is 5.92 Å². The summed E-state index contributed by atoms with van der Waals surface area (Å²) in [7, 11) is 1.84. The van der Waals surface area contributed by atoms with Gasteiger partial charge in [-0.25, -0.2) is 15.0 Å². The predicted octanol–water partition coefficient (Wildman–Crippen LogP) is 1.73. The minimum atomic E-state index is 0.534. The molecule has 4 heterocycles. The van der Waals surface area contributed by atoms with Gasteiger partial charge in [-0.15, -0.1) is 0 Å². The molecule has 0 bridgehead atoms. The van der Waals surface area contributed by atoms with Gasteiger partial charge in [0.15, 0.2) is 0 Å². The van der Waals surface area contributed by atoms with E-state index < -0.39 is 0 Å². The Balaban J connectivity index is 1.61. The summed E-state index contributed by atoms with van der Waals surface area (Å²) in [6, 6.07) is 5.82. The summed E-state index contributed by atoms with van der Waals surface area (Å²) in [4.78, 5) is 17.7. The smallest absolute Gasteiger partial charge is 0.232 e. The average molecular weight is 322 g/mol. The largest absolute Gasteiger partial charge is 0.476 e. The van der Waals surface area contributed by atoms with Crippen LogP contribution < -0.4 is 15.4 Å². The summed E-state index contributed by atoms with van der Waals surface area (Å²) >= 11 is 0. The highest BCUT2D eigenvalue weighted by atomic mass is 16.5. The van der Waals surface area contributed by atoms with E-state index in [1.807, 2.05) is 25.2 Å². The minimum absolute atomic E-state index is 0.534. The quantitative estimate of drug-likeness (QED) is 0.740. The Labute approximate surface area is 139 Å². The predicted molar refractivity (Wildman–Crippen MR) is 92.0 cm³/mol. The van der Waals surface area contributed by atoms with E-state index in [1.165, 1.54) is 0 Å². The number of anilines is 1. The van der Waals surface area contributed by atoms with Gasteiger partial charge < -0.3 is 15.4 Å². The van der Waals surface area contributed by atoms with Crippen LogP contribution >= 0.6 is 0 Å². The molecule has 1 aliphatic heterocycles. The molecule has 1 saturated heterocycles. The minimum Gasteiger partial charge on any atom is -0.476 e. The molecule has 0 spiro atoms. The first-order chi connectivity index (χ1) is 11.8. The van der Waals surface area contributed by atoms with Crippen molar-refractivity contribution >= 4 is 16.7 Å². The highest BCUT2D eigenvalue weighted by Crippen LogP contribution is 2.21. The second-order valence-corrected chi connectivity index (χ2v) is 5.79. The lowest BCUT2D eigenvalue weighted by Gasteiger charge is -2.26. The van der Waals surface area contributed by atoms with Crippen molar-refractivity contribution < 1.29 is 4.74 Å². The van der Waals surface area contributed by atoms with Crippen LogP contribution in [0.3, 0.4) is 0 Å².